The molecule has 6 heteroatoms. The van der Waals surface area contributed by atoms with Gasteiger partial charge in [0.1, 0.15) is 0 Å². The van der Waals surface area contributed by atoms with Gasteiger partial charge in [-0.15, -0.1) is 0 Å². The van der Waals surface area contributed by atoms with Crippen molar-refractivity contribution in [1.82, 2.24) is 10.2 Å². The number of piperazine rings is 1. The van der Waals surface area contributed by atoms with E-state index in [2.05, 4.69) is 5.32 Å². The number of hydrogen-bond donors (Lipinski definition) is 3. The second-order valence-electron chi connectivity index (χ2n) is 3.49. The molecule has 2 amide bonds. The van der Waals surface area contributed by atoms with Gasteiger partial charge in [0, 0.05) is 38.0 Å². The van der Waals surface area contributed by atoms with Gasteiger partial charge in [0.25, 0.3) is 0 Å². The number of carbonyl (C=O) groups is 2. The van der Waals surface area contributed by atoms with Crippen LogP contribution in [0, 0.1) is 0 Å². The summed E-state index contributed by atoms with van der Waals surface area (Å²) in [7, 11) is 0. The van der Waals surface area contributed by atoms with E-state index in [-0.39, 0.29) is 6.04 Å². The highest BCUT2D eigenvalue weighted by Gasteiger charge is 2.16. The van der Waals surface area contributed by atoms with Crippen LogP contribution in [0.5, 0.6) is 0 Å². The minimum Gasteiger partial charge on any atom is -0.368 e. The van der Waals surface area contributed by atoms with Crippen LogP contribution in [0.3, 0.4) is 0 Å². The quantitative estimate of drug-likeness (QED) is 0.495. The van der Waals surface area contributed by atoms with Gasteiger partial charge in [-0.25, -0.2) is 0 Å². The Morgan fingerprint density at radius 2 is 1.94 bits per heavy atom. The summed E-state index contributed by atoms with van der Waals surface area (Å²) >= 11 is 0. The predicted octanol–water partition coefficient (Wildman–Crippen LogP) is -1.70. The van der Waals surface area contributed by atoms with Crippen LogP contribution in [0.1, 0.15) is 0 Å². The number of nitrogens with two attached hydrogens (primary N) is 2. The monoisotopic (exact) mass is 224 g/mol. The lowest BCUT2D eigenvalue weighted by Crippen LogP contribution is -2.47. The van der Waals surface area contributed by atoms with Crippen LogP contribution < -0.4 is 16.8 Å². The number of amides is 2. The van der Waals surface area contributed by atoms with Gasteiger partial charge < -0.3 is 21.7 Å². The summed E-state index contributed by atoms with van der Waals surface area (Å²) in [5.41, 5.74) is 10.0. The van der Waals surface area contributed by atoms with Crippen molar-refractivity contribution in [3.63, 3.8) is 0 Å². The Morgan fingerprint density at radius 3 is 2.56 bits per heavy atom. The van der Waals surface area contributed by atoms with Gasteiger partial charge in [-0.3, -0.25) is 9.59 Å². The molecule has 1 heterocycles. The molecule has 1 aliphatic heterocycles. The summed E-state index contributed by atoms with van der Waals surface area (Å²) in [5.74, 6) is -0.972. The van der Waals surface area contributed by atoms with Crippen molar-refractivity contribution in [3.8, 4) is 0 Å². The summed E-state index contributed by atoms with van der Waals surface area (Å²) in [4.78, 5) is 23.2. The van der Waals surface area contributed by atoms with Crippen molar-refractivity contribution < 1.29 is 9.59 Å². The van der Waals surface area contributed by atoms with Crippen molar-refractivity contribution in [2.45, 2.75) is 6.04 Å². The predicted molar refractivity (Wildman–Crippen MR) is 60.0 cm³/mol. The van der Waals surface area contributed by atoms with Crippen LogP contribution >= 0.6 is 0 Å². The topological polar surface area (TPSA) is 101 Å². The van der Waals surface area contributed by atoms with E-state index in [1.807, 2.05) is 4.90 Å². The first-order valence-corrected chi connectivity index (χ1v) is 5.01. The molecule has 0 radical (unpaired) electrons. The fraction of sp³-hybridized carbons (Fsp3) is 0.400. The van der Waals surface area contributed by atoms with Crippen molar-refractivity contribution in [1.29, 1.82) is 0 Å². The summed E-state index contributed by atoms with van der Waals surface area (Å²) in [6.45, 7) is 2.27. The Hall–Kier alpha value is -1.82. The zero-order valence-electron chi connectivity index (χ0n) is 8.93. The number of hydrogen-bond acceptors (Lipinski definition) is 4. The van der Waals surface area contributed by atoms with E-state index in [4.69, 9.17) is 11.5 Å². The Balaban J connectivity index is 2.63. The summed E-state index contributed by atoms with van der Waals surface area (Å²) < 4.78 is 0. The van der Waals surface area contributed by atoms with E-state index in [1.54, 1.807) is 12.3 Å². The molecule has 1 aliphatic rings. The van der Waals surface area contributed by atoms with E-state index in [9.17, 15) is 9.59 Å². The highest BCUT2D eigenvalue weighted by molar-refractivity contribution is 5.86. The lowest BCUT2D eigenvalue weighted by molar-refractivity contribution is -0.114. The lowest BCUT2D eigenvalue weighted by atomic mass is 10.2. The molecular formula is C10H16N4O2. The van der Waals surface area contributed by atoms with Crippen LogP contribution in [0.25, 0.3) is 0 Å². The molecule has 6 nitrogen and oxygen atoms in total. The van der Waals surface area contributed by atoms with E-state index in [1.165, 1.54) is 12.2 Å². The molecule has 1 rings (SSSR count). The molecule has 16 heavy (non-hydrogen) atoms. The number of rotatable bonds is 4. The molecule has 5 N–H and O–H groups in total. The summed E-state index contributed by atoms with van der Waals surface area (Å²) in [6, 6.07) is 0.0110. The van der Waals surface area contributed by atoms with E-state index in [0.717, 1.165) is 13.1 Å². The normalized spacial score (nSPS) is 21.8. The zero-order valence-corrected chi connectivity index (χ0v) is 8.93. The Bertz CT molecular complexity index is 293. The third-order valence-corrected chi connectivity index (χ3v) is 2.24. The smallest absolute Gasteiger partial charge is 0.242 e. The van der Waals surface area contributed by atoms with Gasteiger partial charge in [0.2, 0.25) is 11.8 Å². The second-order valence-corrected chi connectivity index (χ2v) is 3.49. The van der Waals surface area contributed by atoms with Gasteiger partial charge in [0.05, 0.1) is 6.04 Å². The SMILES string of the molecule is NC(=O)/C=C/C1CNCCN1/C=C/C(N)=O. The van der Waals surface area contributed by atoms with E-state index < -0.39 is 11.8 Å². The molecule has 0 bridgehead atoms. The largest absolute Gasteiger partial charge is 0.368 e. The van der Waals surface area contributed by atoms with Crippen LogP contribution in [0.2, 0.25) is 0 Å². The number of primary amides is 2. The minimum absolute atomic E-state index is 0.0110. The second kappa shape index (κ2) is 5.92. The average Bonchev–Trinajstić information content (AvgIpc) is 2.24. The molecule has 1 fully saturated rings. The highest BCUT2D eigenvalue weighted by atomic mass is 16.1. The first-order valence-electron chi connectivity index (χ1n) is 5.01. The molecule has 0 aromatic heterocycles. The van der Waals surface area contributed by atoms with E-state index in [0.29, 0.717) is 6.54 Å². The maximum atomic E-state index is 10.6. The van der Waals surface area contributed by atoms with Crippen molar-refractivity contribution >= 4 is 11.8 Å². The first kappa shape index (κ1) is 12.3. The van der Waals surface area contributed by atoms with Crippen molar-refractivity contribution in [3.05, 3.63) is 24.4 Å². The third-order valence-electron chi connectivity index (χ3n) is 2.24. The van der Waals surface area contributed by atoms with E-state index >= 15 is 0 Å². The molecule has 0 spiro atoms. The highest BCUT2D eigenvalue weighted by Crippen LogP contribution is 2.05. The van der Waals surface area contributed by atoms with Crippen molar-refractivity contribution in [2.75, 3.05) is 19.6 Å². The Kier molecular flexibility index (Phi) is 4.53. The van der Waals surface area contributed by atoms with Crippen LogP contribution in [0.15, 0.2) is 24.4 Å². The van der Waals surface area contributed by atoms with Crippen LogP contribution in [-0.2, 0) is 9.59 Å². The molecular weight excluding hydrogens is 208 g/mol. The van der Waals surface area contributed by atoms with Crippen LogP contribution in [0.4, 0.5) is 0 Å². The summed E-state index contributed by atoms with van der Waals surface area (Å²) in [5, 5.41) is 3.18. The third kappa shape index (κ3) is 4.14. The number of carbonyl (C=O) groups excluding carboxylic acids is 2. The molecule has 1 unspecified atom stereocenters. The molecule has 88 valence electrons. The molecule has 0 saturated carbocycles. The fourth-order valence-electron chi connectivity index (χ4n) is 1.48. The molecule has 1 saturated heterocycles. The minimum atomic E-state index is -0.490. The molecule has 0 aromatic rings. The maximum absolute atomic E-state index is 10.6. The van der Waals surface area contributed by atoms with Gasteiger partial charge in [-0.2, -0.15) is 0 Å². The zero-order chi connectivity index (χ0) is 12.0. The van der Waals surface area contributed by atoms with Gasteiger partial charge in [-0.05, 0) is 0 Å². The molecule has 0 aliphatic carbocycles. The number of nitrogens with one attached hydrogen (secondary N) is 1. The van der Waals surface area contributed by atoms with Gasteiger partial charge in [-0.1, -0.05) is 6.08 Å². The number of nitrogens with zero attached hydrogens (tertiary/aromatic N) is 1. The lowest BCUT2D eigenvalue weighted by Gasteiger charge is -2.33. The Morgan fingerprint density at radius 1 is 1.25 bits per heavy atom. The standard InChI is InChI=1S/C10H16N4O2/c11-9(15)2-1-8-7-13-4-6-14(8)5-3-10(12)16/h1-3,5,8,13H,4,6-7H2,(H2,11,15)(H2,12,16)/b2-1+,5-3+. The molecule has 0 aromatic carbocycles. The first-order chi connectivity index (χ1) is 7.59. The Labute approximate surface area is 94.0 Å². The maximum Gasteiger partial charge on any atom is 0.242 e. The fourth-order valence-corrected chi connectivity index (χ4v) is 1.48. The summed E-state index contributed by atoms with van der Waals surface area (Å²) in [6.07, 6.45) is 5.97. The van der Waals surface area contributed by atoms with Gasteiger partial charge >= 0.3 is 0 Å². The average molecular weight is 224 g/mol. The van der Waals surface area contributed by atoms with Crippen LogP contribution in [-0.4, -0.2) is 42.4 Å². The van der Waals surface area contributed by atoms with Gasteiger partial charge in [0.15, 0.2) is 0 Å². The molecule has 1 atom stereocenters. The van der Waals surface area contributed by atoms with Crippen molar-refractivity contribution in [2.24, 2.45) is 11.5 Å².